The summed E-state index contributed by atoms with van der Waals surface area (Å²) in [4.78, 5) is 13.3. The minimum Gasteiger partial charge on any atom is -0.341 e. The highest BCUT2D eigenvalue weighted by Gasteiger charge is 2.38. The molecular weight excluding hydrogens is 152 g/mol. The van der Waals surface area contributed by atoms with Gasteiger partial charge in [0.2, 0.25) is 0 Å². The van der Waals surface area contributed by atoms with Crippen molar-refractivity contribution in [1.82, 2.24) is 10.2 Å². The van der Waals surface area contributed by atoms with Gasteiger partial charge in [0.1, 0.15) is 0 Å². The van der Waals surface area contributed by atoms with Crippen molar-refractivity contribution in [3.05, 3.63) is 0 Å². The molecule has 0 aromatic rings. The van der Waals surface area contributed by atoms with Crippen molar-refractivity contribution in [2.24, 2.45) is 5.92 Å². The van der Waals surface area contributed by atoms with Gasteiger partial charge in [-0.2, -0.15) is 0 Å². The maximum Gasteiger partial charge on any atom is 0.317 e. The molecule has 0 bridgehead atoms. The van der Waals surface area contributed by atoms with E-state index in [4.69, 9.17) is 0 Å². The Kier molecular flexibility index (Phi) is 2.31. The third kappa shape index (κ3) is 1.54. The lowest BCUT2D eigenvalue weighted by molar-refractivity contribution is 0.167. The normalized spacial score (nSPS) is 27.3. The number of carbonyl (C=O) groups excluding carboxylic acids is 1. The summed E-state index contributed by atoms with van der Waals surface area (Å²) < 4.78 is 0. The predicted octanol–water partition coefficient (Wildman–Crippen LogP) is 1.45. The first-order chi connectivity index (χ1) is 5.47. The van der Waals surface area contributed by atoms with Gasteiger partial charge in [0.15, 0.2) is 0 Å². The van der Waals surface area contributed by atoms with Crippen LogP contribution in [0.25, 0.3) is 0 Å². The molecular formula is C9H18N2O. The molecule has 0 spiro atoms. The highest BCUT2D eigenvalue weighted by atomic mass is 16.2. The Morgan fingerprint density at radius 2 is 2.17 bits per heavy atom. The van der Waals surface area contributed by atoms with E-state index in [1.54, 1.807) is 7.05 Å². The molecule has 1 saturated heterocycles. The molecule has 1 rings (SSSR count). The molecule has 1 atom stereocenters. The van der Waals surface area contributed by atoms with Crippen LogP contribution in [0.5, 0.6) is 0 Å². The fourth-order valence-corrected chi connectivity index (χ4v) is 2.08. The van der Waals surface area contributed by atoms with E-state index in [1.165, 1.54) is 0 Å². The first-order valence-corrected chi connectivity index (χ1v) is 4.46. The number of amides is 2. The van der Waals surface area contributed by atoms with Gasteiger partial charge in [-0.15, -0.1) is 0 Å². The smallest absolute Gasteiger partial charge is 0.317 e. The minimum absolute atomic E-state index is 0.0273. The van der Waals surface area contributed by atoms with Crippen molar-refractivity contribution < 1.29 is 4.79 Å². The third-order valence-electron chi connectivity index (χ3n) is 2.53. The van der Waals surface area contributed by atoms with Gasteiger partial charge in [0.25, 0.3) is 0 Å². The number of nitrogens with zero attached hydrogens (tertiary/aromatic N) is 1. The first-order valence-electron chi connectivity index (χ1n) is 4.46. The van der Waals surface area contributed by atoms with E-state index < -0.39 is 0 Å². The monoisotopic (exact) mass is 170 g/mol. The Morgan fingerprint density at radius 3 is 2.50 bits per heavy atom. The average molecular weight is 170 g/mol. The van der Waals surface area contributed by atoms with Gasteiger partial charge in [-0.05, 0) is 26.2 Å². The largest absolute Gasteiger partial charge is 0.341 e. The predicted molar refractivity (Wildman–Crippen MR) is 49.0 cm³/mol. The molecule has 1 aliphatic heterocycles. The van der Waals surface area contributed by atoms with Crippen LogP contribution in [0.3, 0.4) is 0 Å². The number of nitrogens with one attached hydrogen (secondary N) is 1. The third-order valence-corrected chi connectivity index (χ3v) is 2.53. The highest BCUT2D eigenvalue weighted by Crippen LogP contribution is 2.31. The van der Waals surface area contributed by atoms with Gasteiger partial charge >= 0.3 is 6.03 Å². The Balaban J connectivity index is 2.71. The lowest BCUT2D eigenvalue weighted by Crippen LogP contribution is -2.46. The Hall–Kier alpha value is -0.730. The summed E-state index contributed by atoms with van der Waals surface area (Å²) in [5, 5.41) is 2.67. The van der Waals surface area contributed by atoms with E-state index in [9.17, 15) is 4.79 Å². The van der Waals surface area contributed by atoms with E-state index in [1.807, 2.05) is 4.90 Å². The SMILES string of the molecule is CNC(=O)N1CC(C)CC1(C)C. The number of carbonyl (C=O) groups is 1. The summed E-state index contributed by atoms with van der Waals surface area (Å²) in [5.74, 6) is 0.622. The fourth-order valence-electron chi connectivity index (χ4n) is 2.08. The zero-order chi connectivity index (χ0) is 9.35. The number of hydrogen-bond acceptors (Lipinski definition) is 1. The van der Waals surface area contributed by atoms with Crippen LogP contribution >= 0.6 is 0 Å². The molecule has 0 aromatic carbocycles. The zero-order valence-electron chi connectivity index (χ0n) is 8.35. The highest BCUT2D eigenvalue weighted by molar-refractivity contribution is 5.75. The average Bonchev–Trinajstić information content (AvgIpc) is 2.23. The minimum atomic E-state index is 0.0273. The molecule has 0 radical (unpaired) electrons. The van der Waals surface area contributed by atoms with Crippen LogP contribution in [-0.2, 0) is 0 Å². The Bertz CT molecular complexity index is 189. The van der Waals surface area contributed by atoms with Crippen LogP contribution in [0, 0.1) is 5.92 Å². The van der Waals surface area contributed by atoms with Gasteiger partial charge < -0.3 is 10.2 Å². The van der Waals surface area contributed by atoms with Gasteiger partial charge in [0, 0.05) is 19.1 Å². The fraction of sp³-hybridized carbons (Fsp3) is 0.889. The van der Waals surface area contributed by atoms with Gasteiger partial charge in [-0.1, -0.05) is 6.92 Å². The molecule has 0 aromatic heterocycles. The van der Waals surface area contributed by atoms with E-state index >= 15 is 0 Å². The van der Waals surface area contributed by atoms with Crippen molar-refractivity contribution in [2.45, 2.75) is 32.7 Å². The Morgan fingerprint density at radius 1 is 1.58 bits per heavy atom. The standard InChI is InChI=1S/C9H18N2O/c1-7-5-9(2,3)11(6-7)8(12)10-4/h7H,5-6H2,1-4H3,(H,10,12). The zero-order valence-corrected chi connectivity index (χ0v) is 8.35. The van der Waals surface area contributed by atoms with Crippen molar-refractivity contribution in [2.75, 3.05) is 13.6 Å². The molecule has 12 heavy (non-hydrogen) atoms. The number of hydrogen-bond donors (Lipinski definition) is 1. The van der Waals surface area contributed by atoms with Crippen LogP contribution in [0.4, 0.5) is 4.79 Å². The van der Waals surface area contributed by atoms with E-state index in [0.29, 0.717) is 5.92 Å². The maximum absolute atomic E-state index is 11.4. The van der Waals surface area contributed by atoms with Crippen LogP contribution in [0.1, 0.15) is 27.2 Å². The molecule has 1 aliphatic rings. The lowest BCUT2D eigenvalue weighted by atomic mass is 9.98. The number of likely N-dealkylation sites (tertiary alicyclic amines) is 1. The van der Waals surface area contributed by atoms with E-state index in [0.717, 1.165) is 13.0 Å². The van der Waals surface area contributed by atoms with E-state index in [-0.39, 0.29) is 11.6 Å². The quantitative estimate of drug-likeness (QED) is 0.586. The van der Waals surface area contributed by atoms with Gasteiger partial charge in [-0.25, -0.2) is 4.79 Å². The molecule has 0 aliphatic carbocycles. The molecule has 1 heterocycles. The Labute approximate surface area is 74.1 Å². The molecule has 3 heteroatoms. The molecule has 1 fully saturated rings. The summed E-state index contributed by atoms with van der Waals surface area (Å²) in [5.41, 5.74) is 0.0273. The summed E-state index contributed by atoms with van der Waals surface area (Å²) in [6, 6.07) is 0.0457. The van der Waals surface area contributed by atoms with Crippen molar-refractivity contribution in [3.8, 4) is 0 Å². The molecule has 2 amide bonds. The van der Waals surface area contributed by atoms with Crippen LogP contribution in [0.2, 0.25) is 0 Å². The molecule has 1 unspecified atom stereocenters. The summed E-state index contributed by atoms with van der Waals surface area (Å²) in [6.07, 6.45) is 1.10. The summed E-state index contributed by atoms with van der Waals surface area (Å²) in [7, 11) is 1.68. The van der Waals surface area contributed by atoms with Crippen molar-refractivity contribution in [1.29, 1.82) is 0 Å². The summed E-state index contributed by atoms with van der Waals surface area (Å²) >= 11 is 0. The second kappa shape index (κ2) is 2.96. The first kappa shape index (κ1) is 9.36. The number of urea groups is 1. The summed E-state index contributed by atoms with van der Waals surface area (Å²) in [6.45, 7) is 7.30. The van der Waals surface area contributed by atoms with E-state index in [2.05, 4.69) is 26.1 Å². The second-order valence-electron chi connectivity index (χ2n) is 4.29. The van der Waals surface area contributed by atoms with Gasteiger partial charge in [-0.3, -0.25) is 0 Å². The lowest BCUT2D eigenvalue weighted by Gasteiger charge is -2.30. The maximum atomic E-state index is 11.4. The van der Waals surface area contributed by atoms with Crippen LogP contribution < -0.4 is 5.32 Å². The van der Waals surface area contributed by atoms with Crippen molar-refractivity contribution >= 4 is 6.03 Å². The molecule has 70 valence electrons. The number of rotatable bonds is 0. The molecule has 1 N–H and O–H groups in total. The topological polar surface area (TPSA) is 32.3 Å². The van der Waals surface area contributed by atoms with Crippen molar-refractivity contribution in [3.63, 3.8) is 0 Å². The van der Waals surface area contributed by atoms with Crippen LogP contribution in [0.15, 0.2) is 0 Å². The van der Waals surface area contributed by atoms with Gasteiger partial charge in [0.05, 0.1) is 0 Å². The molecule has 0 saturated carbocycles. The second-order valence-corrected chi connectivity index (χ2v) is 4.29. The molecule has 3 nitrogen and oxygen atoms in total. The van der Waals surface area contributed by atoms with Crippen LogP contribution in [-0.4, -0.2) is 30.1 Å².